The highest BCUT2D eigenvalue weighted by atomic mass is 127. The zero-order valence-electron chi connectivity index (χ0n) is 12.8. The van der Waals surface area contributed by atoms with Gasteiger partial charge in [-0.15, -0.1) is 0 Å². The lowest BCUT2D eigenvalue weighted by Crippen LogP contribution is -2.31. The molecule has 22 heavy (non-hydrogen) atoms. The fraction of sp³-hybridized carbons (Fsp3) is 0.312. The fourth-order valence-electron chi connectivity index (χ4n) is 1.83. The number of amides is 1. The third-order valence-corrected chi connectivity index (χ3v) is 3.78. The minimum atomic E-state index is -0.286. The lowest BCUT2D eigenvalue weighted by molar-refractivity contribution is -0.117. The summed E-state index contributed by atoms with van der Waals surface area (Å²) in [4.78, 5) is 23.9. The number of hydrogen-bond acceptors (Lipinski definition) is 3. The standard InChI is InChI=1S/C16H18IN3O2/c1-16(2,3)13-8-9-15(22)20(19-13)10-14(21)18-12-6-4-11(17)5-7-12/h4-9H,10H2,1-3H3,(H,18,21). The predicted octanol–water partition coefficient (Wildman–Crippen LogP) is 2.78. The first-order valence-corrected chi connectivity index (χ1v) is 7.98. The Labute approximate surface area is 142 Å². The van der Waals surface area contributed by atoms with Gasteiger partial charge in [-0.1, -0.05) is 20.8 Å². The first-order chi connectivity index (χ1) is 10.3. The number of anilines is 1. The average Bonchev–Trinajstić information content (AvgIpc) is 2.42. The monoisotopic (exact) mass is 411 g/mol. The van der Waals surface area contributed by atoms with Crippen molar-refractivity contribution in [3.05, 3.63) is 56.0 Å². The van der Waals surface area contributed by atoms with Crippen molar-refractivity contribution in [3.8, 4) is 0 Å². The number of nitrogens with zero attached hydrogens (tertiary/aromatic N) is 2. The Kier molecular flexibility index (Phi) is 5.00. The molecule has 1 heterocycles. The molecule has 1 aromatic heterocycles. The molecular formula is C16H18IN3O2. The Balaban J connectivity index is 2.14. The zero-order valence-corrected chi connectivity index (χ0v) is 14.9. The number of carbonyl (C=O) groups excluding carboxylic acids is 1. The maximum atomic E-state index is 12.1. The Hall–Kier alpha value is -1.70. The molecule has 0 aliphatic carbocycles. The minimum Gasteiger partial charge on any atom is -0.324 e. The molecule has 6 heteroatoms. The van der Waals surface area contributed by atoms with Crippen molar-refractivity contribution in [2.45, 2.75) is 32.7 Å². The Bertz CT molecular complexity index is 730. The molecule has 0 aliphatic rings. The summed E-state index contributed by atoms with van der Waals surface area (Å²) < 4.78 is 2.29. The second kappa shape index (κ2) is 6.60. The van der Waals surface area contributed by atoms with Gasteiger partial charge in [0, 0.05) is 20.7 Å². The Morgan fingerprint density at radius 3 is 2.41 bits per heavy atom. The van der Waals surface area contributed by atoms with Crippen LogP contribution in [0.25, 0.3) is 0 Å². The van der Waals surface area contributed by atoms with Gasteiger partial charge in [0.1, 0.15) is 6.54 Å². The molecule has 0 saturated heterocycles. The Morgan fingerprint density at radius 2 is 1.82 bits per heavy atom. The third-order valence-electron chi connectivity index (χ3n) is 3.06. The molecule has 0 radical (unpaired) electrons. The van der Waals surface area contributed by atoms with Crippen LogP contribution in [0.2, 0.25) is 0 Å². The summed E-state index contributed by atoms with van der Waals surface area (Å²) in [6.45, 7) is 5.93. The normalized spacial score (nSPS) is 11.3. The van der Waals surface area contributed by atoms with Crippen LogP contribution in [0.1, 0.15) is 26.5 Å². The van der Waals surface area contributed by atoms with E-state index in [-0.39, 0.29) is 23.4 Å². The number of benzene rings is 1. The third kappa shape index (κ3) is 4.40. The highest BCUT2D eigenvalue weighted by Gasteiger charge is 2.17. The number of rotatable bonds is 3. The molecule has 0 saturated carbocycles. The first kappa shape index (κ1) is 16.7. The number of hydrogen-bond donors (Lipinski definition) is 1. The van der Waals surface area contributed by atoms with Gasteiger partial charge in [-0.25, -0.2) is 4.68 Å². The van der Waals surface area contributed by atoms with Gasteiger partial charge in [-0.2, -0.15) is 5.10 Å². The van der Waals surface area contributed by atoms with Crippen molar-refractivity contribution in [3.63, 3.8) is 0 Å². The quantitative estimate of drug-likeness (QED) is 0.791. The van der Waals surface area contributed by atoms with Crippen LogP contribution in [0.4, 0.5) is 5.69 Å². The summed E-state index contributed by atoms with van der Waals surface area (Å²) >= 11 is 2.20. The van der Waals surface area contributed by atoms with E-state index < -0.39 is 0 Å². The molecule has 0 fully saturated rings. The SMILES string of the molecule is CC(C)(C)c1ccc(=O)n(CC(=O)Nc2ccc(I)cc2)n1. The van der Waals surface area contributed by atoms with E-state index in [0.717, 1.165) is 9.26 Å². The van der Waals surface area contributed by atoms with Crippen molar-refractivity contribution in [1.82, 2.24) is 9.78 Å². The lowest BCUT2D eigenvalue weighted by atomic mass is 9.92. The molecule has 0 atom stereocenters. The molecule has 1 amide bonds. The van der Waals surface area contributed by atoms with Crippen LogP contribution in [-0.2, 0) is 16.8 Å². The first-order valence-electron chi connectivity index (χ1n) is 6.90. The van der Waals surface area contributed by atoms with Crippen molar-refractivity contribution >= 4 is 34.2 Å². The zero-order chi connectivity index (χ0) is 16.3. The molecule has 0 bridgehead atoms. The van der Waals surface area contributed by atoms with Crippen LogP contribution in [0.5, 0.6) is 0 Å². The van der Waals surface area contributed by atoms with Crippen LogP contribution in [-0.4, -0.2) is 15.7 Å². The summed E-state index contributed by atoms with van der Waals surface area (Å²) in [7, 11) is 0. The van der Waals surface area contributed by atoms with E-state index in [2.05, 4.69) is 33.0 Å². The molecule has 0 unspecified atom stereocenters. The largest absolute Gasteiger partial charge is 0.324 e. The maximum Gasteiger partial charge on any atom is 0.267 e. The van der Waals surface area contributed by atoms with Gasteiger partial charge in [-0.05, 0) is 52.9 Å². The highest BCUT2D eigenvalue weighted by Crippen LogP contribution is 2.18. The van der Waals surface area contributed by atoms with Crippen molar-refractivity contribution in [1.29, 1.82) is 0 Å². The summed E-state index contributed by atoms with van der Waals surface area (Å²) in [6, 6.07) is 10.6. The maximum absolute atomic E-state index is 12.1. The van der Waals surface area contributed by atoms with Gasteiger partial charge in [0.05, 0.1) is 5.69 Å². The number of nitrogens with one attached hydrogen (secondary N) is 1. The van der Waals surface area contributed by atoms with E-state index in [0.29, 0.717) is 5.69 Å². The summed E-state index contributed by atoms with van der Waals surface area (Å²) in [6.07, 6.45) is 0. The van der Waals surface area contributed by atoms with Gasteiger partial charge in [-0.3, -0.25) is 9.59 Å². The minimum absolute atomic E-state index is 0.102. The van der Waals surface area contributed by atoms with E-state index in [4.69, 9.17) is 0 Å². The van der Waals surface area contributed by atoms with Crippen molar-refractivity contribution in [2.75, 3.05) is 5.32 Å². The van der Waals surface area contributed by atoms with Crippen LogP contribution >= 0.6 is 22.6 Å². The van der Waals surface area contributed by atoms with Gasteiger partial charge in [0.25, 0.3) is 5.56 Å². The summed E-state index contributed by atoms with van der Waals surface area (Å²) in [5, 5.41) is 7.04. The van der Waals surface area contributed by atoms with Gasteiger partial charge >= 0.3 is 0 Å². The van der Waals surface area contributed by atoms with Crippen LogP contribution in [0.15, 0.2) is 41.2 Å². The fourth-order valence-corrected chi connectivity index (χ4v) is 2.19. The van der Waals surface area contributed by atoms with Crippen molar-refractivity contribution in [2.24, 2.45) is 0 Å². The molecule has 0 spiro atoms. The van der Waals surface area contributed by atoms with Gasteiger partial charge in [0.2, 0.25) is 5.91 Å². The van der Waals surface area contributed by atoms with Gasteiger partial charge < -0.3 is 5.32 Å². The number of halogens is 1. The number of aromatic nitrogens is 2. The Morgan fingerprint density at radius 1 is 1.18 bits per heavy atom. The summed E-state index contributed by atoms with van der Waals surface area (Å²) in [5.41, 5.74) is 1.01. The molecular weight excluding hydrogens is 393 g/mol. The summed E-state index contributed by atoms with van der Waals surface area (Å²) in [5.74, 6) is -0.276. The van der Waals surface area contributed by atoms with E-state index in [1.54, 1.807) is 6.07 Å². The van der Waals surface area contributed by atoms with E-state index in [1.165, 1.54) is 10.7 Å². The van der Waals surface area contributed by atoms with Crippen LogP contribution < -0.4 is 10.9 Å². The highest BCUT2D eigenvalue weighted by molar-refractivity contribution is 14.1. The second-order valence-electron chi connectivity index (χ2n) is 6.02. The molecule has 1 N–H and O–H groups in total. The molecule has 2 rings (SSSR count). The molecule has 5 nitrogen and oxygen atoms in total. The topological polar surface area (TPSA) is 64.0 Å². The van der Waals surface area contributed by atoms with Crippen LogP contribution in [0.3, 0.4) is 0 Å². The number of carbonyl (C=O) groups is 1. The van der Waals surface area contributed by atoms with Crippen molar-refractivity contribution < 1.29 is 4.79 Å². The van der Waals surface area contributed by atoms with Crippen LogP contribution in [0, 0.1) is 3.57 Å². The van der Waals surface area contributed by atoms with E-state index in [1.807, 2.05) is 45.0 Å². The molecule has 2 aromatic rings. The average molecular weight is 411 g/mol. The van der Waals surface area contributed by atoms with Gasteiger partial charge in [0.15, 0.2) is 0 Å². The van der Waals surface area contributed by atoms with E-state index >= 15 is 0 Å². The lowest BCUT2D eigenvalue weighted by Gasteiger charge is -2.18. The van der Waals surface area contributed by atoms with E-state index in [9.17, 15) is 9.59 Å². The molecule has 1 aromatic carbocycles. The molecule has 116 valence electrons. The smallest absolute Gasteiger partial charge is 0.267 e. The second-order valence-corrected chi connectivity index (χ2v) is 7.27. The molecule has 0 aliphatic heterocycles. The predicted molar refractivity (Wildman–Crippen MR) is 95.0 cm³/mol.